The Labute approximate surface area is 99.5 Å². The number of nitrogens with zero attached hydrogens (tertiary/aromatic N) is 2. The highest BCUT2D eigenvalue weighted by molar-refractivity contribution is 5.43. The highest BCUT2D eigenvalue weighted by Crippen LogP contribution is 2.23. The van der Waals surface area contributed by atoms with Crippen LogP contribution in [0, 0.1) is 19.7 Å². The van der Waals surface area contributed by atoms with Crippen LogP contribution in [-0.4, -0.2) is 14.9 Å². The molecule has 1 heterocycles. The summed E-state index contributed by atoms with van der Waals surface area (Å²) in [4.78, 5) is 0. The summed E-state index contributed by atoms with van der Waals surface area (Å²) in [5.74, 6) is -0.355. The second-order valence-corrected chi connectivity index (χ2v) is 4.22. The van der Waals surface area contributed by atoms with Crippen LogP contribution in [0.1, 0.15) is 30.0 Å². The van der Waals surface area contributed by atoms with Gasteiger partial charge in [0.25, 0.3) is 0 Å². The Morgan fingerprint density at radius 1 is 1.29 bits per heavy atom. The maximum Gasteiger partial charge on any atom is 0.123 e. The number of benzene rings is 1. The summed E-state index contributed by atoms with van der Waals surface area (Å²) in [6.07, 6.45) is -0.732. The third-order valence-corrected chi connectivity index (χ3v) is 2.68. The first-order chi connectivity index (χ1) is 7.99. The van der Waals surface area contributed by atoms with Gasteiger partial charge in [-0.15, -0.1) is 0 Å². The van der Waals surface area contributed by atoms with Crippen molar-refractivity contribution in [3.05, 3.63) is 47.0 Å². The number of aromatic nitrogens is 2. The van der Waals surface area contributed by atoms with Crippen LogP contribution >= 0.6 is 0 Å². The third-order valence-electron chi connectivity index (χ3n) is 2.68. The number of halogens is 1. The molecule has 1 aromatic carbocycles. The summed E-state index contributed by atoms with van der Waals surface area (Å²) >= 11 is 0. The molecule has 0 radical (unpaired) electrons. The molecule has 0 saturated carbocycles. The van der Waals surface area contributed by atoms with Crippen molar-refractivity contribution in [2.24, 2.45) is 0 Å². The minimum Gasteiger partial charge on any atom is -0.389 e. The van der Waals surface area contributed by atoms with Crippen molar-refractivity contribution in [2.75, 3.05) is 0 Å². The second kappa shape index (κ2) is 4.30. The van der Waals surface area contributed by atoms with Gasteiger partial charge in [0.15, 0.2) is 0 Å². The summed E-state index contributed by atoms with van der Waals surface area (Å²) in [5.41, 5.74) is 3.10. The lowest BCUT2D eigenvalue weighted by Gasteiger charge is -2.13. The van der Waals surface area contributed by atoms with Crippen molar-refractivity contribution >= 4 is 0 Å². The molecule has 90 valence electrons. The standard InChI is InChI=1S/C13H15FN2O/c1-8-6-9(2)16(15-8)13-5-4-11(14)7-12(13)10(3)17/h4-7,10,17H,1-3H3/t10-/m0/s1. The first kappa shape index (κ1) is 11.8. The van der Waals surface area contributed by atoms with Gasteiger partial charge < -0.3 is 5.11 Å². The van der Waals surface area contributed by atoms with Crippen LogP contribution in [0.4, 0.5) is 4.39 Å². The Morgan fingerprint density at radius 2 is 2.00 bits per heavy atom. The topological polar surface area (TPSA) is 38.0 Å². The molecule has 2 rings (SSSR count). The molecule has 4 heteroatoms. The minimum absolute atomic E-state index is 0.355. The summed E-state index contributed by atoms with van der Waals surface area (Å²) in [6.45, 7) is 5.44. The molecule has 3 nitrogen and oxygen atoms in total. The average Bonchev–Trinajstić information content (AvgIpc) is 2.57. The minimum atomic E-state index is -0.732. The maximum absolute atomic E-state index is 13.2. The van der Waals surface area contributed by atoms with E-state index in [-0.39, 0.29) is 5.82 Å². The lowest BCUT2D eigenvalue weighted by atomic mass is 10.1. The Hall–Kier alpha value is -1.68. The zero-order chi connectivity index (χ0) is 12.6. The van der Waals surface area contributed by atoms with Crippen LogP contribution in [0.15, 0.2) is 24.3 Å². The van der Waals surface area contributed by atoms with Crippen molar-refractivity contribution < 1.29 is 9.50 Å². The van der Waals surface area contributed by atoms with Crippen LogP contribution in [0.25, 0.3) is 5.69 Å². The number of aliphatic hydroxyl groups is 1. The van der Waals surface area contributed by atoms with Gasteiger partial charge in [0.1, 0.15) is 5.82 Å². The van der Waals surface area contributed by atoms with Crippen LogP contribution in [0.5, 0.6) is 0 Å². The Morgan fingerprint density at radius 3 is 2.53 bits per heavy atom. The lowest BCUT2D eigenvalue weighted by molar-refractivity contribution is 0.198. The van der Waals surface area contributed by atoms with Gasteiger partial charge in [0.05, 0.1) is 17.5 Å². The zero-order valence-electron chi connectivity index (χ0n) is 10.1. The molecule has 0 unspecified atom stereocenters. The van der Waals surface area contributed by atoms with Gasteiger partial charge >= 0.3 is 0 Å². The fourth-order valence-corrected chi connectivity index (χ4v) is 1.93. The van der Waals surface area contributed by atoms with Crippen molar-refractivity contribution in [2.45, 2.75) is 26.9 Å². The molecule has 17 heavy (non-hydrogen) atoms. The first-order valence-electron chi connectivity index (χ1n) is 5.50. The van der Waals surface area contributed by atoms with E-state index in [1.807, 2.05) is 19.9 Å². The van der Waals surface area contributed by atoms with Gasteiger partial charge in [-0.3, -0.25) is 0 Å². The van der Waals surface area contributed by atoms with E-state index >= 15 is 0 Å². The van der Waals surface area contributed by atoms with Gasteiger partial charge in [-0.25, -0.2) is 9.07 Å². The smallest absolute Gasteiger partial charge is 0.123 e. The number of hydrogen-bond acceptors (Lipinski definition) is 2. The quantitative estimate of drug-likeness (QED) is 0.867. The fourth-order valence-electron chi connectivity index (χ4n) is 1.93. The molecule has 0 aliphatic heterocycles. The lowest BCUT2D eigenvalue weighted by Crippen LogP contribution is -2.06. The normalized spacial score (nSPS) is 12.8. The van der Waals surface area contributed by atoms with Crippen molar-refractivity contribution in [3.63, 3.8) is 0 Å². The van der Waals surface area contributed by atoms with Gasteiger partial charge in [-0.2, -0.15) is 5.10 Å². The molecule has 0 amide bonds. The van der Waals surface area contributed by atoms with E-state index in [9.17, 15) is 9.50 Å². The van der Waals surface area contributed by atoms with E-state index in [1.54, 1.807) is 17.7 Å². The second-order valence-electron chi connectivity index (χ2n) is 4.22. The van der Waals surface area contributed by atoms with E-state index in [0.717, 1.165) is 11.4 Å². The van der Waals surface area contributed by atoms with Crippen molar-refractivity contribution in [1.82, 2.24) is 9.78 Å². The van der Waals surface area contributed by atoms with Crippen LogP contribution < -0.4 is 0 Å². The first-order valence-corrected chi connectivity index (χ1v) is 5.50. The van der Waals surface area contributed by atoms with E-state index in [0.29, 0.717) is 11.3 Å². The Bertz CT molecular complexity index is 546. The molecule has 1 N–H and O–H groups in total. The molecule has 0 aliphatic carbocycles. The predicted molar refractivity (Wildman–Crippen MR) is 63.6 cm³/mol. The van der Waals surface area contributed by atoms with E-state index in [1.165, 1.54) is 12.1 Å². The summed E-state index contributed by atoms with van der Waals surface area (Å²) in [7, 11) is 0. The molecule has 2 aromatic rings. The predicted octanol–water partition coefficient (Wildman–Crippen LogP) is 2.68. The molecule has 1 atom stereocenters. The number of aryl methyl sites for hydroxylation is 2. The number of aliphatic hydroxyl groups excluding tert-OH is 1. The van der Waals surface area contributed by atoms with E-state index < -0.39 is 6.10 Å². The highest BCUT2D eigenvalue weighted by atomic mass is 19.1. The third kappa shape index (κ3) is 2.22. The highest BCUT2D eigenvalue weighted by Gasteiger charge is 2.13. The van der Waals surface area contributed by atoms with Crippen LogP contribution in [0.2, 0.25) is 0 Å². The maximum atomic E-state index is 13.2. The fraction of sp³-hybridized carbons (Fsp3) is 0.308. The Kier molecular flexibility index (Phi) is 2.98. The summed E-state index contributed by atoms with van der Waals surface area (Å²) in [6, 6.07) is 6.29. The molecular weight excluding hydrogens is 219 g/mol. The van der Waals surface area contributed by atoms with E-state index in [4.69, 9.17) is 0 Å². The van der Waals surface area contributed by atoms with Gasteiger partial charge in [-0.1, -0.05) is 0 Å². The largest absolute Gasteiger partial charge is 0.389 e. The molecule has 0 saturated heterocycles. The number of hydrogen-bond donors (Lipinski definition) is 1. The SMILES string of the molecule is Cc1cc(C)n(-c2ccc(F)cc2[C@H](C)O)n1. The van der Waals surface area contributed by atoms with Crippen LogP contribution in [-0.2, 0) is 0 Å². The van der Waals surface area contributed by atoms with Crippen LogP contribution in [0.3, 0.4) is 0 Å². The van der Waals surface area contributed by atoms with Gasteiger partial charge in [0, 0.05) is 11.3 Å². The van der Waals surface area contributed by atoms with Gasteiger partial charge in [0.2, 0.25) is 0 Å². The number of rotatable bonds is 2. The summed E-state index contributed by atoms with van der Waals surface area (Å²) < 4.78 is 14.9. The zero-order valence-corrected chi connectivity index (χ0v) is 10.1. The molecule has 1 aromatic heterocycles. The molecular formula is C13H15FN2O. The Balaban J connectivity index is 2.62. The molecule has 0 aliphatic rings. The van der Waals surface area contributed by atoms with Crippen molar-refractivity contribution in [3.8, 4) is 5.69 Å². The van der Waals surface area contributed by atoms with Crippen molar-refractivity contribution in [1.29, 1.82) is 0 Å². The summed E-state index contributed by atoms with van der Waals surface area (Å²) in [5, 5.41) is 14.0. The van der Waals surface area contributed by atoms with Gasteiger partial charge in [-0.05, 0) is 45.0 Å². The van der Waals surface area contributed by atoms with E-state index in [2.05, 4.69) is 5.10 Å². The molecule has 0 bridgehead atoms. The average molecular weight is 234 g/mol. The molecule has 0 fully saturated rings. The molecule has 0 spiro atoms. The monoisotopic (exact) mass is 234 g/mol.